The maximum atomic E-state index is 12.0. The molecule has 1 amide bonds. The van der Waals surface area contributed by atoms with Crippen LogP contribution in [0.3, 0.4) is 0 Å². The van der Waals surface area contributed by atoms with E-state index in [1.807, 2.05) is 51.1 Å². The van der Waals surface area contributed by atoms with Gasteiger partial charge < -0.3 is 14.7 Å². The van der Waals surface area contributed by atoms with E-state index in [1.54, 1.807) is 4.90 Å². The third-order valence-electron chi connectivity index (χ3n) is 3.20. The van der Waals surface area contributed by atoms with Crippen LogP contribution in [0.2, 0.25) is 0 Å². The molecule has 1 aliphatic heterocycles. The number of benzene rings is 1. The monoisotopic (exact) mass is 263 g/mol. The summed E-state index contributed by atoms with van der Waals surface area (Å²) < 4.78 is 5.33. The summed E-state index contributed by atoms with van der Waals surface area (Å²) in [4.78, 5) is 13.6. The molecule has 1 aromatic carbocycles. The molecular weight excluding hydrogens is 242 g/mol. The Hall–Kier alpha value is -1.55. The maximum Gasteiger partial charge on any atom is 0.410 e. The number of nitrogens with zero attached hydrogens (tertiary/aromatic N) is 1. The lowest BCUT2D eigenvalue weighted by Gasteiger charge is -2.43. The van der Waals surface area contributed by atoms with Gasteiger partial charge in [-0.25, -0.2) is 4.79 Å². The molecule has 0 saturated carbocycles. The number of rotatable bonds is 2. The lowest BCUT2D eigenvalue weighted by molar-refractivity contribution is -0.0409. The van der Waals surface area contributed by atoms with Gasteiger partial charge in [0, 0.05) is 6.54 Å². The molecule has 1 aromatic rings. The van der Waals surface area contributed by atoms with Crippen LogP contribution in [-0.2, 0) is 4.74 Å². The maximum absolute atomic E-state index is 12.0. The topological polar surface area (TPSA) is 49.8 Å². The highest BCUT2D eigenvalue weighted by molar-refractivity contribution is 5.69. The van der Waals surface area contributed by atoms with Gasteiger partial charge in [0.1, 0.15) is 5.60 Å². The number of ether oxygens (including phenoxy) is 1. The summed E-state index contributed by atoms with van der Waals surface area (Å²) in [7, 11) is 0. The van der Waals surface area contributed by atoms with Crippen molar-refractivity contribution in [3.05, 3.63) is 35.9 Å². The van der Waals surface area contributed by atoms with Crippen LogP contribution in [0, 0.1) is 0 Å². The normalized spacial score (nSPS) is 20.6. The molecule has 2 rings (SSSR count). The van der Waals surface area contributed by atoms with Gasteiger partial charge in [-0.3, -0.25) is 0 Å². The van der Waals surface area contributed by atoms with Gasteiger partial charge >= 0.3 is 6.09 Å². The van der Waals surface area contributed by atoms with Gasteiger partial charge in [0.05, 0.1) is 12.1 Å². The molecule has 4 heteroatoms. The molecule has 0 spiro atoms. The fourth-order valence-corrected chi connectivity index (χ4v) is 2.16. The Morgan fingerprint density at radius 1 is 1.37 bits per heavy atom. The zero-order chi connectivity index (χ0) is 14.0. The van der Waals surface area contributed by atoms with Crippen LogP contribution in [-0.4, -0.2) is 34.3 Å². The molecule has 1 N–H and O–H groups in total. The molecule has 1 aliphatic rings. The second-order valence-corrected chi connectivity index (χ2v) is 5.89. The number of carbonyl (C=O) groups excluding carboxylic acids is 1. The smallest absolute Gasteiger partial charge is 0.410 e. The second kappa shape index (κ2) is 5.21. The number of carbonyl (C=O) groups is 1. The van der Waals surface area contributed by atoms with Gasteiger partial charge in [0.25, 0.3) is 0 Å². The van der Waals surface area contributed by atoms with Gasteiger partial charge in [-0.15, -0.1) is 0 Å². The Bertz CT molecular complexity index is 438. The van der Waals surface area contributed by atoms with Crippen molar-refractivity contribution < 1.29 is 14.6 Å². The molecule has 1 unspecified atom stereocenters. The Labute approximate surface area is 114 Å². The number of hydrogen-bond donors (Lipinski definition) is 1. The molecular formula is C15H21NO3. The molecule has 19 heavy (non-hydrogen) atoms. The third-order valence-corrected chi connectivity index (χ3v) is 3.20. The summed E-state index contributed by atoms with van der Waals surface area (Å²) in [5.74, 6) is 0. The zero-order valence-corrected chi connectivity index (χ0v) is 11.7. The molecule has 1 fully saturated rings. The fourth-order valence-electron chi connectivity index (χ4n) is 2.16. The number of amides is 1. The summed E-state index contributed by atoms with van der Waals surface area (Å²) in [6.07, 6.45) is -0.198. The lowest BCUT2D eigenvalue weighted by atomic mass is 9.93. The first-order valence-electron chi connectivity index (χ1n) is 6.61. The molecule has 1 heterocycles. The van der Waals surface area contributed by atoms with E-state index >= 15 is 0 Å². The van der Waals surface area contributed by atoms with E-state index < -0.39 is 11.7 Å². The minimum absolute atomic E-state index is 0.183. The molecule has 104 valence electrons. The average Bonchev–Trinajstić information content (AvgIpc) is 2.26. The van der Waals surface area contributed by atoms with E-state index in [1.165, 1.54) is 0 Å². The summed E-state index contributed by atoms with van der Waals surface area (Å²) in [6, 6.07) is 9.23. The minimum Gasteiger partial charge on any atom is -0.444 e. The van der Waals surface area contributed by atoms with Gasteiger partial charge in [-0.05, 0) is 32.8 Å². The summed E-state index contributed by atoms with van der Waals surface area (Å²) in [6.45, 7) is 6.16. The van der Waals surface area contributed by atoms with Crippen LogP contribution in [0.5, 0.6) is 0 Å². The van der Waals surface area contributed by atoms with Gasteiger partial charge in [-0.1, -0.05) is 30.3 Å². The first-order chi connectivity index (χ1) is 8.88. The first kappa shape index (κ1) is 13.9. The van der Waals surface area contributed by atoms with Crippen LogP contribution < -0.4 is 0 Å². The van der Waals surface area contributed by atoms with Crippen LogP contribution >= 0.6 is 0 Å². The first-order valence-corrected chi connectivity index (χ1v) is 6.61. The molecule has 1 saturated heterocycles. The fraction of sp³-hybridized carbons (Fsp3) is 0.533. The minimum atomic E-state index is -0.650. The predicted octanol–water partition coefficient (Wildman–Crippen LogP) is 2.73. The number of aliphatic hydroxyl groups is 1. The summed E-state index contributed by atoms with van der Waals surface area (Å²) >= 11 is 0. The zero-order valence-electron chi connectivity index (χ0n) is 11.7. The van der Waals surface area contributed by atoms with E-state index in [4.69, 9.17) is 4.74 Å². The number of hydrogen-bond acceptors (Lipinski definition) is 3. The van der Waals surface area contributed by atoms with Crippen molar-refractivity contribution in [2.75, 3.05) is 6.54 Å². The quantitative estimate of drug-likeness (QED) is 0.892. The number of aliphatic hydroxyl groups excluding tert-OH is 1. The Balaban J connectivity index is 2.01. The van der Waals surface area contributed by atoms with Gasteiger partial charge in [0.15, 0.2) is 0 Å². The Morgan fingerprint density at radius 3 is 2.47 bits per heavy atom. The van der Waals surface area contributed by atoms with Crippen LogP contribution in [0.15, 0.2) is 30.3 Å². The highest BCUT2D eigenvalue weighted by Crippen LogP contribution is 2.31. The molecule has 4 nitrogen and oxygen atoms in total. The van der Waals surface area contributed by atoms with Crippen molar-refractivity contribution in [1.29, 1.82) is 0 Å². The SMILES string of the molecule is CC(C)(C)OC(=O)N1CC[C@H]1C(O)c1ccccc1. The van der Waals surface area contributed by atoms with Gasteiger partial charge in [0.2, 0.25) is 0 Å². The van der Waals surface area contributed by atoms with Crippen molar-refractivity contribution >= 4 is 6.09 Å². The molecule has 0 aliphatic carbocycles. The molecule has 0 radical (unpaired) electrons. The van der Waals surface area contributed by atoms with Crippen molar-refractivity contribution in [3.63, 3.8) is 0 Å². The largest absolute Gasteiger partial charge is 0.444 e. The highest BCUT2D eigenvalue weighted by atomic mass is 16.6. The summed E-state index contributed by atoms with van der Waals surface area (Å²) in [5, 5.41) is 10.3. The second-order valence-electron chi connectivity index (χ2n) is 5.89. The molecule has 2 atom stereocenters. The Morgan fingerprint density at radius 2 is 2.00 bits per heavy atom. The van der Waals surface area contributed by atoms with E-state index in [2.05, 4.69) is 0 Å². The molecule has 0 bridgehead atoms. The summed E-state index contributed by atoms with van der Waals surface area (Å²) in [5.41, 5.74) is 0.329. The van der Waals surface area contributed by atoms with E-state index in [0.717, 1.165) is 12.0 Å². The van der Waals surface area contributed by atoms with E-state index in [0.29, 0.717) is 6.54 Å². The lowest BCUT2D eigenvalue weighted by Crippen LogP contribution is -2.55. The van der Waals surface area contributed by atoms with Crippen molar-refractivity contribution in [3.8, 4) is 0 Å². The standard InChI is InChI=1S/C15H21NO3/c1-15(2,3)19-14(18)16-10-9-12(16)13(17)11-7-5-4-6-8-11/h4-8,12-13,17H,9-10H2,1-3H3/t12-,13?/m0/s1. The number of likely N-dealkylation sites (tertiary alicyclic amines) is 1. The van der Waals surface area contributed by atoms with Gasteiger partial charge in [-0.2, -0.15) is 0 Å². The third kappa shape index (κ3) is 3.26. The molecule has 0 aromatic heterocycles. The van der Waals surface area contributed by atoms with Crippen molar-refractivity contribution in [1.82, 2.24) is 4.90 Å². The predicted molar refractivity (Wildman–Crippen MR) is 72.7 cm³/mol. The van der Waals surface area contributed by atoms with Crippen LogP contribution in [0.1, 0.15) is 38.9 Å². The highest BCUT2D eigenvalue weighted by Gasteiger charge is 2.39. The van der Waals surface area contributed by atoms with E-state index in [-0.39, 0.29) is 12.1 Å². The van der Waals surface area contributed by atoms with Crippen LogP contribution in [0.25, 0.3) is 0 Å². The average molecular weight is 263 g/mol. The Kier molecular flexibility index (Phi) is 3.80. The van der Waals surface area contributed by atoms with E-state index in [9.17, 15) is 9.90 Å². The van der Waals surface area contributed by atoms with Crippen molar-refractivity contribution in [2.24, 2.45) is 0 Å². The van der Waals surface area contributed by atoms with Crippen molar-refractivity contribution in [2.45, 2.75) is 44.9 Å². The van der Waals surface area contributed by atoms with Crippen LogP contribution in [0.4, 0.5) is 4.79 Å².